The number of nitrogens with one attached hydrogen (secondary N) is 1. The van der Waals surface area contributed by atoms with E-state index < -0.39 is 0 Å². The second kappa shape index (κ2) is 12.5. The van der Waals surface area contributed by atoms with Crippen LogP contribution in [0.4, 0.5) is 0 Å². The predicted molar refractivity (Wildman–Crippen MR) is 136 cm³/mol. The minimum atomic E-state index is 0.594. The highest BCUT2D eigenvalue weighted by molar-refractivity contribution is 7.80. The van der Waals surface area contributed by atoms with E-state index in [4.69, 9.17) is 44.9 Å². The predicted octanol–water partition coefficient (Wildman–Crippen LogP) is 5.03. The van der Waals surface area contributed by atoms with Gasteiger partial charge in [0.15, 0.2) is 16.6 Å². The molecule has 5 nitrogen and oxygen atoms in total. The van der Waals surface area contributed by atoms with Crippen LogP contribution in [-0.2, 0) is 13.0 Å². The Kier molecular flexibility index (Phi) is 9.72. The van der Waals surface area contributed by atoms with Crippen molar-refractivity contribution in [2.75, 3.05) is 45.9 Å². The van der Waals surface area contributed by atoms with Gasteiger partial charge in [0.1, 0.15) is 0 Å². The summed E-state index contributed by atoms with van der Waals surface area (Å²) in [6.07, 6.45) is 0.865. The van der Waals surface area contributed by atoms with Crippen LogP contribution in [0.15, 0.2) is 36.4 Å². The molecule has 174 valence electrons. The van der Waals surface area contributed by atoms with Crippen LogP contribution < -0.4 is 14.8 Å². The summed E-state index contributed by atoms with van der Waals surface area (Å²) < 4.78 is 11.4. The Hall–Kier alpha value is -1.73. The van der Waals surface area contributed by atoms with Crippen molar-refractivity contribution in [1.29, 1.82) is 0 Å². The molecule has 0 amide bonds. The van der Waals surface area contributed by atoms with Crippen LogP contribution in [0.5, 0.6) is 11.5 Å². The highest BCUT2D eigenvalue weighted by Gasteiger charge is 2.19. The molecule has 1 heterocycles. The number of thiocarbonyl (C=S) groups is 1. The van der Waals surface area contributed by atoms with Crippen LogP contribution in [0.25, 0.3) is 0 Å². The van der Waals surface area contributed by atoms with E-state index in [2.05, 4.69) is 27.2 Å². The standard InChI is InChI=1S/C24H31Cl2N3O2S/c1-3-30-22-8-6-18(16-23(22)31-4-2)9-10-27-24(32)29-13-11-28(12-14-29)17-19-5-7-20(25)21(26)15-19/h5-8,15-16H,3-4,9-14,17H2,1-2H3,(H,27,32). The van der Waals surface area contributed by atoms with E-state index in [0.29, 0.717) is 23.3 Å². The summed E-state index contributed by atoms with van der Waals surface area (Å²) in [7, 11) is 0. The topological polar surface area (TPSA) is 37.0 Å². The van der Waals surface area contributed by atoms with E-state index in [1.807, 2.05) is 38.1 Å². The molecule has 0 radical (unpaired) electrons. The molecule has 0 aromatic heterocycles. The Morgan fingerprint density at radius 2 is 1.59 bits per heavy atom. The maximum atomic E-state index is 6.14. The first-order valence-corrected chi connectivity index (χ1v) is 12.2. The van der Waals surface area contributed by atoms with Crippen molar-refractivity contribution >= 4 is 40.5 Å². The van der Waals surface area contributed by atoms with Crippen molar-refractivity contribution in [1.82, 2.24) is 15.1 Å². The van der Waals surface area contributed by atoms with Crippen LogP contribution in [0.3, 0.4) is 0 Å². The molecule has 0 aliphatic carbocycles. The van der Waals surface area contributed by atoms with E-state index in [-0.39, 0.29) is 0 Å². The average Bonchev–Trinajstić information content (AvgIpc) is 2.79. The van der Waals surface area contributed by atoms with Crippen molar-refractivity contribution in [3.05, 3.63) is 57.6 Å². The lowest BCUT2D eigenvalue weighted by Crippen LogP contribution is -2.51. The largest absolute Gasteiger partial charge is 0.490 e. The Labute approximate surface area is 206 Å². The highest BCUT2D eigenvalue weighted by Crippen LogP contribution is 2.28. The summed E-state index contributed by atoms with van der Waals surface area (Å²) in [5, 5.41) is 5.42. The van der Waals surface area contributed by atoms with Gasteiger partial charge < -0.3 is 19.7 Å². The quantitative estimate of drug-likeness (QED) is 0.491. The normalized spacial score (nSPS) is 14.3. The van der Waals surface area contributed by atoms with Gasteiger partial charge in [-0.15, -0.1) is 0 Å². The van der Waals surface area contributed by atoms with E-state index in [0.717, 1.165) is 62.3 Å². The highest BCUT2D eigenvalue weighted by atomic mass is 35.5. The van der Waals surface area contributed by atoms with Gasteiger partial charge in [-0.2, -0.15) is 0 Å². The van der Waals surface area contributed by atoms with Crippen molar-refractivity contribution in [3.8, 4) is 11.5 Å². The summed E-state index contributed by atoms with van der Waals surface area (Å²) in [4.78, 5) is 4.65. The first kappa shape index (κ1) is 24.9. The van der Waals surface area contributed by atoms with Gasteiger partial charge in [-0.05, 0) is 67.9 Å². The zero-order valence-electron chi connectivity index (χ0n) is 18.7. The van der Waals surface area contributed by atoms with Crippen molar-refractivity contribution in [3.63, 3.8) is 0 Å². The zero-order valence-corrected chi connectivity index (χ0v) is 21.0. The van der Waals surface area contributed by atoms with Crippen LogP contribution >= 0.6 is 35.4 Å². The first-order valence-electron chi connectivity index (χ1n) is 11.1. The number of piperazine rings is 1. The van der Waals surface area contributed by atoms with Crippen LogP contribution in [0.2, 0.25) is 10.0 Å². The van der Waals surface area contributed by atoms with Gasteiger partial charge in [-0.1, -0.05) is 35.3 Å². The maximum absolute atomic E-state index is 6.14. The lowest BCUT2D eigenvalue weighted by atomic mass is 10.1. The fourth-order valence-corrected chi connectivity index (χ4v) is 4.29. The molecule has 32 heavy (non-hydrogen) atoms. The smallest absolute Gasteiger partial charge is 0.169 e. The Morgan fingerprint density at radius 1 is 0.906 bits per heavy atom. The van der Waals surface area contributed by atoms with Crippen molar-refractivity contribution in [2.24, 2.45) is 0 Å². The summed E-state index contributed by atoms with van der Waals surface area (Å²) in [5.74, 6) is 1.59. The Balaban J connectivity index is 1.42. The fourth-order valence-electron chi connectivity index (χ4n) is 3.68. The van der Waals surface area contributed by atoms with E-state index in [1.165, 1.54) is 11.1 Å². The molecule has 8 heteroatoms. The minimum absolute atomic E-state index is 0.594. The number of hydrogen-bond acceptors (Lipinski definition) is 4. The molecule has 1 fully saturated rings. The summed E-state index contributed by atoms with van der Waals surface area (Å²) in [6, 6.07) is 12.0. The monoisotopic (exact) mass is 495 g/mol. The van der Waals surface area contributed by atoms with Gasteiger partial charge in [0, 0.05) is 39.3 Å². The van der Waals surface area contributed by atoms with Crippen molar-refractivity contribution in [2.45, 2.75) is 26.8 Å². The van der Waals surface area contributed by atoms with Gasteiger partial charge in [-0.3, -0.25) is 4.90 Å². The zero-order chi connectivity index (χ0) is 22.9. The molecule has 1 aliphatic heterocycles. The molecule has 1 N–H and O–H groups in total. The Morgan fingerprint density at radius 3 is 2.28 bits per heavy atom. The number of ether oxygens (including phenoxy) is 2. The molecular weight excluding hydrogens is 465 g/mol. The van der Waals surface area contributed by atoms with E-state index in [9.17, 15) is 0 Å². The van der Waals surface area contributed by atoms with Crippen LogP contribution in [-0.4, -0.2) is 60.8 Å². The number of halogens is 2. The molecule has 0 atom stereocenters. The maximum Gasteiger partial charge on any atom is 0.169 e. The lowest BCUT2D eigenvalue weighted by molar-refractivity contribution is 0.174. The minimum Gasteiger partial charge on any atom is -0.490 e. The van der Waals surface area contributed by atoms with Gasteiger partial charge in [0.25, 0.3) is 0 Å². The molecule has 2 aromatic carbocycles. The summed E-state index contributed by atoms with van der Waals surface area (Å²) in [6.45, 7) is 10.6. The molecule has 2 aromatic rings. The fraction of sp³-hybridized carbons (Fsp3) is 0.458. The number of rotatable bonds is 9. The van der Waals surface area contributed by atoms with Crippen LogP contribution in [0, 0.1) is 0 Å². The molecular formula is C24H31Cl2N3O2S. The molecule has 1 saturated heterocycles. The third-order valence-electron chi connectivity index (χ3n) is 5.35. The van der Waals surface area contributed by atoms with Crippen LogP contribution in [0.1, 0.15) is 25.0 Å². The molecule has 0 bridgehead atoms. The second-order valence-electron chi connectivity index (χ2n) is 7.64. The molecule has 0 unspecified atom stereocenters. The molecule has 0 spiro atoms. The molecule has 1 aliphatic rings. The second-order valence-corrected chi connectivity index (χ2v) is 8.84. The van der Waals surface area contributed by atoms with Gasteiger partial charge in [0.05, 0.1) is 23.3 Å². The number of hydrogen-bond donors (Lipinski definition) is 1. The van der Waals surface area contributed by atoms with Gasteiger partial charge in [0.2, 0.25) is 0 Å². The third kappa shape index (κ3) is 7.14. The lowest BCUT2D eigenvalue weighted by Gasteiger charge is -2.36. The van der Waals surface area contributed by atoms with Gasteiger partial charge >= 0.3 is 0 Å². The van der Waals surface area contributed by atoms with Gasteiger partial charge in [-0.25, -0.2) is 0 Å². The van der Waals surface area contributed by atoms with Crippen molar-refractivity contribution < 1.29 is 9.47 Å². The Bertz CT molecular complexity index is 905. The average molecular weight is 497 g/mol. The number of nitrogens with zero attached hydrogens (tertiary/aromatic N) is 2. The van der Waals surface area contributed by atoms with E-state index in [1.54, 1.807) is 0 Å². The third-order valence-corrected chi connectivity index (χ3v) is 6.49. The summed E-state index contributed by atoms with van der Waals surface area (Å²) >= 11 is 17.8. The van der Waals surface area contributed by atoms with E-state index >= 15 is 0 Å². The SMILES string of the molecule is CCOc1ccc(CCNC(=S)N2CCN(Cc3ccc(Cl)c(Cl)c3)CC2)cc1OCC. The summed E-state index contributed by atoms with van der Waals surface area (Å²) in [5.41, 5.74) is 2.37. The number of benzene rings is 2. The molecule has 0 saturated carbocycles. The molecule has 3 rings (SSSR count). The first-order chi connectivity index (χ1) is 15.5.